The molecule has 0 atom stereocenters. The first-order valence-corrected chi connectivity index (χ1v) is 12.4. The molecule has 0 saturated carbocycles. The molecule has 0 fully saturated rings. The van der Waals surface area contributed by atoms with Gasteiger partial charge in [-0.15, -0.1) is 22.7 Å². The molecule has 0 unspecified atom stereocenters. The number of thiazole rings is 1. The number of sulfone groups is 1. The lowest BCUT2D eigenvalue weighted by atomic mass is 10.1. The van der Waals surface area contributed by atoms with Crippen LogP contribution in [0.25, 0.3) is 31.6 Å². The maximum Gasteiger partial charge on any atom is 0.176 e. The van der Waals surface area contributed by atoms with Crippen LogP contribution in [0.15, 0.2) is 64.9 Å². The average molecular weight is 446 g/mol. The third kappa shape index (κ3) is 3.65. The predicted molar refractivity (Wildman–Crippen MR) is 119 cm³/mol. The number of aromatic nitrogens is 1. The minimum absolute atomic E-state index is 0.278. The van der Waals surface area contributed by atoms with Crippen LogP contribution in [0.1, 0.15) is 5.56 Å². The fourth-order valence-electron chi connectivity index (χ4n) is 2.96. The lowest BCUT2D eigenvalue weighted by molar-refractivity contribution is 0.602. The Labute approximate surface area is 177 Å². The molecule has 0 spiro atoms. The summed E-state index contributed by atoms with van der Waals surface area (Å²) in [6.07, 6.45) is 1.22. The van der Waals surface area contributed by atoms with E-state index < -0.39 is 9.84 Å². The highest BCUT2D eigenvalue weighted by Gasteiger charge is 2.23. The van der Waals surface area contributed by atoms with Crippen molar-refractivity contribution in [1.82, 2.24) is 4.98 Å². The number of benzene rings is 2. The summed E-state index contributed by atoms with van der Waals surface area (Å²) >= 11 is 9.55. The monoisotopic (exact) mass is 445 g/mol. The molecule has 142 valence electrons. The quantitative estimate of drug-likeness (QED) is 0.356. The minimum atomic E-state index is -3.40. The molecular weight excluding hydrogens is 430 g/mol. The van der Waals surface area contributed by atoms with Crippen molar-refractivity contribution in [2.45, 2.75) is 11.8 Å². The number of hydrogen-bond donors (Lipinski definition) is 0. The molecule has 2 aromatic heterocycles. The van der Waals surface area contributed by atoms with E-state index in [2.05, 4.69) is 11.4 Å². The van der Waals surface area contributed by atoms with Gasteiger partial charge in [0.05, 0.1) is 20.5 Å². The van der Waals surface area contributed by atoms with E-state index >= 15 is 0 Å². The summed E-state index contributed by atoms with van der Waals surface area (Å²) in [7, 11) is -3.40. The van der Waals surface area contributed by atoms with Gasteiger partial charge in [0, 0.05) is 22.3 Å². The van der Waals surface area contributed by atoms with Gasteiger partial charge in [0.2, 0.25) is 0 Å². The Hall–Kier alpha value is -1.99. The fraction of sp³-hybridized carbons (Fsp3) is 0.0952. The molecule has 0 N–H and O–H groups in total. The van der Waals surface area contributed by atoms with Crippen molar-refractivity contribution in [3.05, 3.63) is 70.6 Å². The van der Waals surface area contributed by atoms with Crippen molar-refractivity contribution in [2.24, 2.45) is 0 Å². The van der Waals surface area contributed by atoms with Crippen LogP contribution in [0.5, 0.6) is 0 Å². The Morgan fingerprint density at radius 3 is 2.32 bits per heavy atom. The van der Waals surface area contributed by atoms with Crippen molar-refractivity contribution in [3.8, 4) is 31.6 Å². The Morgan fingerprint density at radius 1 is 1.00 bits per heavy atom. The Bertz CT molecular complexity index is 1270. The predicted octanol–water partition coefficient (Wildman–Crippen LogP) is 6.57. The average Bonchev–Trinajstić information content (AvgIpc) is 3.28. The van der Waals surface area contributed by atoms with Gasteiger partial charge in [0.25, 0.3) is 0 Å². The van der Waals surface area contributed by atoms with Crippen LogP contribution in [0, 0.1) is 6.92 Å². The van der Waals surface area contributed by atoms with Crippen molar-refractivity contribution in [1.29, 1.82) is 0 Å². The lowest BCUT2D eigenvalue weighted by Gasteiger charge is -2.07. The van der Waals surface area contributed by atoms with Crippen molar-refractivity contribution in [2.75, 3.05) is 6.26 Å². The largest absolute Gasteiger partial charge is 0.235 e. The Balaban J connectivity index is 2.01. The van der Waals surface area contributed by atoms with Crippen LogP contribution in [-0.2, 0) is 9.84 Å². The summed E-state index contributed by atoms with van der Waals surface area (Å²) in [5, 5.41) is 3.47. The van der Waals surface area contributed by atoms with Gasteiger partial charge in [-0.05, 0) is 36.1 Å². The summed E-state index contributed by atoms with van der Waals surface area (Å²) in [5.74, 6) is 0. The molecule has 0 radical (unpaired) electrons. The standard InChI is InChI=1S/C21H16ClNO2S3/c1-13-11-17(26-12-13)20-19(15-8-4-6-10-18(15)28(2,24)25)23-21(27-20)14-7-3-5-9-16(14)22/h3-12H,1-2H3. The number of thiophene rings is 1. The second-order valence-electron chi connectivity index (χ2n) is 6.43. The minimum Gasteiger partial charge on any atom is -0.235 e. The normalized spacial score (nSPS) is 11.7. The van der Waals surface area contributed by atoms with E-state index in [-0.39, 0.29) is 4.90 Å². The number of hydrogen-bond acceptors (Lipinski definition) is 5. The molecule has 0 aliphatic carbocycles. The van der Waals surface area contributed by atoms with Gasteiger partial charge in [-0.25, -0.2) is 13.4 Å². The summed E-state index contributed by atoms with van der Waals surface area (Å²) < 4.78 is 24.7. The smallest absolute Gasteiger partial charge is 0.176 e. The summed E-state index contributed by atoms with van der Waals surface area (Å²) in [4.78, 5) is 7.14. The highest BCUT2D eigenvalue weighted by Crippen LogP contribution is 2.45. The van der Waals surface area contributed by atoms with E-state index in [0.717, 1.165) is 25.9 Å². The number of halogens is 1. The van der Waals surface area contributed by atoms with Gasteiger partial charge in [0.15, 0.2) is 9.84 Å². The lowest BCUT2D eigenvalue weighted by Crippen LogP contribution is -2.00. The number of nitrogens with zero attached hydrogens (tertiary/aromatic N) is 1. The highest BCUT2D eigenvalue weighted by molar-refractivity contribution is 7.90. The van der Waals surface area contributed by atoms with E-state index in [1.54, 1.807) is 23.5 Å². The first-order valence-electron chi connectivity index (χ1n) is 8.45. The van der Waals surface area contributed by atoms with Crippen LogP contribution in [0.3, 0.4) is 0 Å². The van der Waals surface area contributed by atoms with E-state index in [0.29, 0.717) is 16.3 Å². The van der Waals surface area contributed by atoms with Crippen molar-refractivity contribution in [3.63, 3.8) is 0 Å². The second-order valence-corrected chi connectivity index (χ2v) is 10.7. The summed E-state index contributed by atoms with van der Waals surface area (Å²) in [6.45, 7) is 2.04. The molecule has 0 saturated heterocycles. The van der Waals surface area contributed by atoms with Crippen LogP contribution in [0.2, 0.25) is 5.02 Å². The molecule has 0 amide bonds. The van der Waals surface area contributed by atoms with E-state index in [9.17, 15) is 8.42 Å². The molecule has 28 heavy (non-hydrogen) atoms. The molecule has 4 rings (SSSR count). The van der Waals surface area contributed by atoms with E-state index in [1.807, 2.05) is 43.3 Å². The number of aryl methyl sites for hydroxylation is 1. The summed E-state index contributed by atoms with van der Waals surface area (Å²) in [5.41, 5.74) is 3.28. The van der Waals surface area contributed by atoms with Gasteiger partial charge in [-0.3, -0.25) is 0 Å². The zero-order chi connectivity index (χ0) is 19.9. The topological polar surface area (TPSA) is 47.0 Å². The Kier molecular flexibility index (Phi) is 5.14. The molecule has 3 nitrogen and oxygen atoms in total. The number of rotatable bonds is 4. The highest BCUT2D eigenvalue weighted by atomic mass is 35.5. The maximum absolute atomic E-state index is 12.4. The van der Waals surface area contributed by atoms with Crippen LogP contribution < -0.4 is 0 Å². The van der Waals surface area contributed by atoms with Gasteiger partial charge in [0.1, 0.15) is 5.01 Å². The first kappa shape index (κ1) is 19.3. The van der Waals surface area contributed by atoms with E-state index in [4.69, 9.17) is 16.6 Å². The van der Waals surface area contributed by atoms with Gasteiger partial charge >= 0.3 is 0 Å². The van der Waals surface area contributed by atoms with Crippen LogP contribution in [-0.4, -0.2) is 19.7 Å². The zero-order valence-corrected chi connectivity index (χ0v) is 18.3. The molecule has 4 aromatic rings. The fourth-order valence-corrected chi connectivity index (χ4v) is 6.26. The molecule has 0 aliphatic heterocycles. The molecular formula is C21H16ClNO2S3. The van der Waals surface area contributed by atoms with E-state index in [1.165, 1.54) is 17.6 Å². The van der Waals surface area contributed by atoms with Crippen LogP contribution >= 0.6 is 34.3 Å². The molecule has 0 bridgehead atoms. The van der Waals surface area contributed by atoms with Gasteiger partial charge in [-0.2, -0.15) is 0 Å². The maximum atomic E-state index is 12.4. The van der Waals surface area contributed by atoms with Gasteiger partial charge < -0.3 is 0 Å². The zero-order valence-electron chi connectivity index (χ0n) is 15.1. The first-order chi connectivity index (χ1) is 13.3. The molecule has 2 heterocycles. The SMILES string of the molecule is Cc1csc(-c2sc(-c3ccccc3Cl)nc2-c2ccccc2S(C)(=O)=O)c1. The third-order valence-electron chi connectivity index (χ3n) is 4.23. The summed E-state index contributed by atoms with van der Waals surface area (Å²) in [6, 6.07) is 16.7. The molecule has 2 aromatic carbocycles. The third-order valence-corrected chi connectivity index (χ3v) is 8.03. The Morgan fingerprint density at radius 2 is 1.68 bits per heavy atom. The van der Waals surface area contributed by atoms with Gasteiger partial charge in [-0.1, -0.05) is 48.0 Å². The molecule has 7 heteroatoms. The van der Waals surface area contributed by atoms with Crippen molar-refractivity contribution < 1.29 is 8.42 Å². The van der Waals surface area contributed by atoms with Crippen molar-refractivity contribution >= 4 is 44.1 Å². The molecule has 0 aliphatic rings. The second kappa shape index (κ2) is 7.44. The van der Waals surface area contributed by atoms with Crippen LogP contribution in [0.4, 0.5) is 0 Å².